The van der Waals surface area contributed by atoms with E-state index in [-0.39, 0.29) is 18.0 Å². The maximum atomic E-state index is 12.2. The van der Waals surface area contributed by atoms with Crippen LogP contribution >= 0.6 is 0 Å². The van der Waals surface area contributed by atoms with Crippen LogP contribution in [0.1, 0.15) is 40.4 Å². The highest BCUT2D eigenvalue weighted by Crippen LogP contribution is 2.30. The lowest BCUT2D eigenvalue weighted by molar-refractivity contribution is 0.0903. The molecule has 1 heterocycles. The van der Waals surface area contributed by atoms with Crippen molar-refractivity contribution >= 4 is 5.91 Å². The molecule has 3 N–H and O–H groups in total. The Labute approximate surface area is 118 Å². The number of nitrogens with one attached hydrogen (secondary N) is 1. The molecule has 2 aromatic rings. The van der Waals surface area contributed by atoms with E-state index in [1.165, 1.54) is 5.56 Å². The van der Waals surface area contributed by atoms with Gasteiger partial charge in [0, 0.05) is 12.5 Å². The topological polar surface area (TPSA) is 68.3 Å². The number of hydrogen-bond acceptors (Lipinski definition) is 3. The Balaban J connectivity index is 1.79. The Kier molecular flexibility index (Phi) is 3.32. The maximum absolute atomic E-state index is 12.2. The first kappa shape index (κ1) is 12.9. The van der Waals surface area contributed by atoms with Gasteiger partial charge >= 0.3 is 0 Å². The molecule has 104 valence electrons. The molecule has 4 heteroatoms. The molecule has 0 bridgehead atoms. The molecular weight excluding hydrogens is 252 g/mol. The van der Waals surface area contributed by atoms with E-state index >= 15 is 0 Å². The molecule has 0 fully saturated rings. The summed E-state index contributed by atoms with van der Waals surface area (Å²) in [7, 11) is 0. The Morgan fingerprint density at radius 2 is 2.15 bits per heavy atom. The Hall–Kier alpha value is -2.07. The molecule has 4 nitrogen and oxygen atoms in total. The normalized spacial score (nSPS) is 20.7. The molecule has 0 saturated carbocycles. The molecule has 2 atom stereocenters. The number of nitrogens with two attached hydrogens (primary N) is 1. The van der Waals surface area contributed by atoms with Gasteiger partial charge in [-0.15, -0.1) is 0 Å². The SMILES string of the molecule is CCc1ccc(C(=O)NC2c3ccccc3CC2N)o1. The van der Waals surface area contributed by atoms with Crippen molar-refractivity contribution in [1.29, 1.82) is 0 Å². The van der Waals surface area contributed by atoms with Crippen LogP contribution in [0.5, 0.6) is 0 Å². The molecule has 1 aromatic heterocycles. The van der Waals surface area contributed by atoms with Gasteiger partial charge in [-0.05, 0) is 29.7 Å². The molecule has 1 aliphatic rings. The third kappa shape index (κ3) is 2.23. The van der Waals surface area contributed by atoms with Crippen molar-refractivity contribution in [3.63, 3.8) is 0 Å². The number of carbonyl (C=O) groups is 1. The fourth-order valence-corrected chi connectivity index (χ4v) is 2.71. The highest BCUT2D eigenvalue weighted by atomic mass is 16.3. The lowest BCUT2D eigenvalue weighted by atomic mass is 10.1. The third-order valence-corrected chi connectivity index (χ3v) is 3.79. The lowest BCUT2D eigenvalue weighted by Gasteiger charge is -2.17. The van der Waals surface area contributed by atoms with Gasteiger partial charge < -0.3 is 15.5 Å². The van der Waals surface area contributed by atoms with Crippen LogP contribution in [-0.2, 0) is 12.8 Å². The second-order valence-electron chi connectivity index (χ2n) is 5.14. The smallest absolute Gasteiger partial charge is 0.287 e. The van der Waals surface area contributed by atoms with E-state index in [0.717, 1.165) is 24.2 Å². The second-order valence-corrected chi connectivity index (χ2v) is 5.14. The maximum Gasteiger partial charge on any atom is 0.287 e. The summed E-state index contributed by atoms with van der Waals surface area (Å²) < 4.78 is 5.48. The Morgan fingerprint density at radius 3 is 2.90 bits per heavy atom. The third-order valence-electron chi connectivity index (χ3n) is 3.79. The van der Waals surface area contributed by atoms with E-state index in [0.29, 0.717) is 5.76 Å². The molecule has 1 aromatic carbocycles. The predicted octanol–water partition coefficient (Wildman–Crippen LogP) is 2.20. The highest BCUT2D eigenvalue weighted by molar-refractivity contribution is 5.92. The number of fused-ring (bicyclic) bond motifs is 1. The van der Waals surface area contributed by atoms with E-state index < -0.39 is 0 Å². The van der Waals surface area contributed by atoms with Crippen LogP contribution in [0.4, 0.5) is 0 Å². The van der Waals surface area contributed by atoms with Gasteiger partial charge in [-0.2, -0.15) is 0 Å². The van der Waals surface area contributed by atoms with Gasteiger partial charge in [0.15, 0.2) is 5.76 Å². The molecule has 0 saturated heterocycles. The second kappa shape index (κ2) is 5.13. The van der Waals surface area contributed by atoms with Crippen LogP contribution in [0, 0.1) is 0 Å². The monoisotopic (exact) mass is 270 g/mol. The van der Waals surface area contributed by atoms with Crippen LogP contribution in [0.25, 0.3) is 0 Å². The number of furan rings is 1. The van der Waals surface area contributed by atoms with Gasteiger partial charge in [0.2, 0.25) is 0 Å². The zero-order chi connectivity index (χ0) is 14.1. The number of benzene rings is 1. The summed E-state index contributed by atoms with van der Waals surface area (Å²) in [5.41, 5.74) is 8.46. The number of amides is 1. The average Bonchev–Trinajstić information content (AvgIpc) is 3.04. The highest BCUT2D eigenvalue weighted by Gasteiger charge is 2.31. The first-order valence-corrected chi connectivity index (χ1v) is 6.92. The molecule has 3 rings (SSSR count). The van der Waals surface area contributed by atoms with Gasteiger partial charge in [0.05, 0.1) is 6.04 Å². The zero-order valence-electron chi connectivity index (χ0n) is 11.4. The summed E-state index contributed by atoms with van der Waals surface area (Å²) in [4.78, 5) is 12.2. The zero-order valence-corrected chi connectivity index (χ0v) is 11.4. The van der Waals surface area contributed by atoms with Crippen molar-refractivity contribution in [2.75, 3.05) is 0 Å². The fraction of sp³-hybridized carbons (Fsp3) is 0.312. The van der Waals surface area contributed by atoms with Crippen molar-refractivity contribution in [3.8, 4) is 0 Å². The van der Waals surface area contributed by atoms with Crippen molar-refractivity contribution < 1.29 is 9.21 Å². The molecule has 0 aliphatic heterocycles. The van der Waals surface area contributed by atoms with Crippen molar-refractivity contribution in [2.24, 2.45) is 5.73 Å². The quantitative estimate of drug-likeness (QED) is 0.898. The van der Waals surface area contributed by atoms with Crippen LogP contribution in [0.3, 0.4) is 0 Å². The minimum Gasteiger partial charge on any atom is -0.456 e. The number of carbonyl (C=O) groups excluding carboxylic acids is 1. The molecule has 0 radical (unpaired) electrons. The van der Waals surface area contributed by atoms with Crippen molar-refractivity contribution in [3.05, 3.63) is 59.0 Å². The predicted molar refractivity (Wildman–Crippen MR) is 76.4 cm³/mol. The first-order valence-electron chi connectivity index (χ1n) is 6.92. The summed E-state index contributed by atoms with van der Waals surface area (Å²) >= 11 is 0. The van der Waals surface area contributed by atoms with Crippen molar-refractivity contribution in [2.45, 2.75) is 31.8 Å². The Morgan fingerprint density at radius 1 is 1.35 bits per heavy atom. The molecule has 1 aliphatic carbocycles. The number of aryl methyl sites for hydroxylation is 1. The summed E-state index contributed by atoms with van der Waals surface area (Å²) in [6, 6.07) is 11.4. The summed E-state index contributed by atoms with van der Waals surface area (Å²) in [5, 5.41) is 2.98. The van der Waals surface area contributed by atoms with Gasteiger partial charge in [-0.25, -0.2) is 0 Å². The minimum atomic E-state index is -0.207. The first-order chi connectivity index (χ1) is 9.69. The van der Waals surface area contributed by atoms with E-state index in [9.17, 15) is 4.79 Å². The summed E-state index contributed by atoms with van der Waals surface area (Å²) in [6.45, 7) is 1.99. The van der Waals surface area contributed by atoms with Crippen LogP contribution in [-0.4, -0.2) is 11.9 Å². The summed E-state index contributed by atoms with van der Waals surface area (Å²) in [6.07, 6.45) is 1.57. The van der Waals surface area contributed by atoms with Gasteiger partial charge in [-0.1, -0.05) is 31.2 Å². The van der Waals surface area contributed by atoms with Crippen LogP contribution < -0.4 is 11.1 Å². The fourth-order valence-electron chi connectivity index (χ4n) is 2.71. The number of hydrogen-bond donors (Lipinski definition) is 2. The molecular formula is C16H18N2O2. The van der Waals surface area contributed by atoms with E-state index in [2.05, 4.69) is 11.4 Å². The van der Waals surface area contributed by atoms with E-state index in [1.54, 1.807) is 6.07 Å². The Bertz CT molecular complexity index is 633. The van der Waals surface area contributed by atoms with Crippen LogP contribution in [0.15, 0.2) is 40.8 Å². The van der Waals surface area contributed by atoms with E-state index in [4.69, 9.17) is 10.2 Å². The molecule has 1 amide bonds. The van der Waals surface area contributed by atoms with Crippen LogP contribution in [0.2, 0.25) is 0 Å². The average molecular weight is 270 g/mol. The molecule has 0 spiro atoms. The molecule has 2 unspecified atom stereocenters. The van der Waals surface area contributed by atoms with Gasteiger partial charge in [-0.3, -0.25) is 4.79 Å². The molecule has 20 heavy (non-hydrogen) atoms. The van der Waals surface area contributed by atoms with Gasteiger partial charge in [0.1, 0.15) is 5.76 Å². The number of rotatable bonds is 3. The summed E-state index contributed by atoms with van der Waals surface area (Å²) in [5.74, 6) is 0.951. The lowest BCUT2D eigenvalue weighted by Crippen LogP contribution is -2.38. The standard InChI is InChI=1S/C16H18N2O2/c1-2-11-7-8-14(20-11)16(19)18-15-12-6-4-3-5-10(12)9-13(15)17/h3-8,13,15H,2,9,17H2,1H3,(H,18,19). The largest absolute Gasteiger partial charge is 0.456 e. The van der Waals surface area contributed by atoms with E-state index in [1.807, 2.05) is 31.2 Å². The van der Waals surface area contributed by atoms with Crippen molar-refractivity contribution in [1.82, 2.24) is 5.32 Å². The van der Waals surface area contributed by atoms with Gasteiger partial charge in [0.25, 0.3) is 5.91 Å². The minimum absolute atomic E-state index is 0.0862.